The lowest BCUT2D eigenvalue weighted by atomic mass is 10.2. The number of aromatic nitrogens is 3. The van der Waals surface area contributed by atoms with Crippen molar-refractivity contribution in [2.24, 2.45) is 0 Å². The Kier molecular flexibility index (Phi) is 3.69. The Morgan fingerprint density at radius 3 is 3.12 bits per heavy atom. The molecule has 0 spiro atoms. The monoisotopic (exact) mass is 237 g/mol. The van der Waals surface area contributed by atoms with Crippen LogP contribution in [0.3, 0.4) is 0 Å². The lowest BCUT2D eigenvalue weighted by Gasteiger charge is -2.00. The Morgan fingerprint density at radius 1 is 1.56 bits per heavy atom. The first-order valence-electron chi connectivity index (χ1n) is 5.38. The summed E-state index contributed by atoms with van der Waals surface area (Å²) in [5, 5.41) is 21.7. The van der Waals surface area contributed by atoms with E-state index in [1.165, 1.54) is 5.56 Å². The van der Waals surface area contributed by atoms with Gasteiger partial charge in [-0.25, -0.2) is 0 Å². The van der Waals surface area contributed by atoms with Gasteiger partial charge in [0.05, 0.1) is 12.3 Å². The van der Waals surface area contributed by atoms with E-state index in [2.05, 4.69) is 27.1 Å². The molecule has 0 aromatic carbocycles. The fraction of sp³-hybridized carbons (Fsp3) is 0.455. The molecule has 16 heavy (non-hydrogen) atoms. The van der Waals surface area contributed by atoms with Gasteiger partial charge in [0.2, 0.25) is 0 Å². The van der Waals surface area contributed by atoms with E-state index in [1.54, 1.807) is 16.0 Å². The number of thiophene rings is 1. The van der Waals surface area contributed by atoms with Gasteiger partial charge in [0.1, 0.15) is 5.69 Å². The van der Waals surface area contributed by atoms with E-state index in [0.29, 0.717) is 12.1 Å². The van der Waals surface area contributed by atoms with Crippen molar-refractivity contribution in [2.75, 3.05) is 0 Å². The van der Waals surface area contributed by atoms with Crippen molar-refractivity contribution in [3.05, 3.63) is 34.3 Å². The highest BCUT2D eigenvalue weighted by Gasteiger charge is 2.09. The standard InChI is InChI=1S/C11H15N3OS/c1-2-11(15)10-7-14(13-12-10)5-3-9-4-6-16-8-9/h4,6-8,11,15H,2-3,5H2,1H3. The Bertz CT molecular complexity index is 424. The van der Waals surface area contributed by atoms with Gasteiger partial charge in [-0.1, -0.05) is 12.1 Å². The van der Waals surface area contributed by atoms with Crippen LogP contribution in [0.4, 0.5) is 0 Å². The number of aliphatic hydroxyl groups excluding tert-OH is 1. The molecule has 0 saturated carbocycles. The molecular weight excluding hydrogens is 222 g/mol. The van der Waals surface area contributed by atoms with E-state index in [-0.39, 0.29) is 0 Å². The summed E-state index contributed by atoms with van der Waals surface area (Å²) in [5.74, 6) is 0. The summed E-state index contributed by atoms with van der Waals surface area (Å²) in [6, 6.07) is 2.11. The topological polar surface area (TPSA) is 50.9 Å². The highest BCUT2D eigenvalue weighted by Crippen LogP contribution is 2.12. The number of hydrogen-bond acceptors (Lipinski definition) is 4. The molecule has 0 amide bonds. The summed E-state index contributed by atoms with van der Waals surface area (Å²) >= 11 is 1.70. The molecule has 2 rings (SSSR count). The molecule has 0 aliphatic rings. The van der Waals surface area contributed by atoms with Gasteiger partial charge in [-0.15, -0.1) is 5.10 Å². The van der Waals surface area contributed by atoms with Gasteiger partial charge in [-0.2, -0.15) is 11.3 Å². The Balaban J connectivity index is 1.93. The number of hydrogen-bond donors (Lipinski definition) is 1. The first kappa shape index (κ1) is 11.3. The van der Waals surface area contributed by atoms with Gasteiger partial charge in [-0.05, 0) is 35.2 Å². The molecule has 4 nitrogen and oxygen atoms in total. The summed E-state index contributed by atoms with van der Waals surface area (Å²) in [5.41, 5.74) is 1.98. The Labute approximate surface area is 98.5 Å². The molecule has 0 bridgehead atoms. The van der Waals surface area contributed by atoms with Crippen LogP contribution in [0.5, 0.6) is 0 Å². The fourth-order valence-corrected chi connectivity index (χ4v) is 2.17. The van der Waals surface area contributed by atoms with E-state index < -0.39 is 6.10 Å². The first-order chi connectivity index (χ1) is 7.79. The van der Waals surface area contributed by atoms with Crippen LogP contribution in [0.1, 0.15) is 30.7 Å². The minimum absolute atomic E-state index is 0.491. The maximum Gasteiger partial charge on any atom is 0.111 e. The van der Waals surface area contributed by atoms with Crippen LogP contribution in [0.25, 0.3) is 0 Å². The second kappa shape index (κ2) is 5.23. The van der Waals surface area contributed by atoms with Gasteiger partial charge in [0.25, 0.3) is 0 Å². The predicted molar refractivity (Wildman–Crippen MR) is 63.3 cm³/mol. The molecule has 0 radical (unpaired) electrons. The molecule has 2 aromatic rings. The summed E-state index contributed by atoms with van der Waals surface area (Å²) in [6.45, 7) is 2.73. The lowest BCUT2D eigenvalue weighted by Crippen LogP contribution is -2.01. The largest absolute Gasteiger partial charge is 0.387 e. The van der Waals surface area contributed by atoms with Crippen molar-refractivity contribution in [3.63, 3.8) is 0 Å². The zero-order valence-electron chi connectivity index (χ0n) is 9.21. The van der Waals surface area contributed by atoms with Gasteiger partial charge < -0.3 is 5.11 Å². The Morgan fingerprint density at radius 2 is 2.44 bits per heavy atom. The smallest absolute Gasteiger partial charge is 0.111 e. The van der Waals surface area contributed by atoms with Crippen molar-refractivity contribution < 1.29 is 5.11 Å². The summed E-state index contributed by atoms with van der Waals surface area (Å²) < 4.78 is 1.78. The molecule has 2 aromatic heterocycles. The minimum Gasteiger partial charge on any atom is -0.387 e. The number of rotatable bonds is 5. The second-order valence-corrected chi connectivity index (χ2v) is 4.49. The molecule has 0 fully saturated rings. The third-order valence-electron chi connectivity index (χ3n) is 2.49. The zero-order valence-corrected chi connectivity index (χ0v) is 10.0. The van der Waals surface area contributed by atoms with Gasteiger partial charge in [0, 0.05) is 6.54 Å². The maximum absolute atomic E-state index is 9.58. The van der Waals surface area contributed by atoms with E-state index in [9.17, 15) is 5.11 Å². The number of aliphatic hydroxyl groups is 1. The lowest BCUT2D eigenvalue weighted by molar-refractivity contribution is 0.168. The van der Waals surface area contributed by atoms with Crippen molar-refractivity contribution in [2.45, 2.75) is 32.4 Å². The van der Waals surface area contributed by atoms with Crippen LogP contribution in [-0.4, -0.2) is 20.1 Å². The van der Waals surface area contributed by atoms with Crippen molar-refractivity contribution in [1.82, 2.24) is 15.0 Å². The van der Waals surface area contributed by atoms with E-state index >= 15 is 0 Å². The average Bonchev–Trinajstić information content (AvgIpc) is 2.96. The van der Waals surface area contributed by atoms with Gasteiger partial charge in [-0.3, -0.25) is 4.68 Å². The minimum atomic E-state index is -0.491. The van der Waals surface area contributed by atoms with Crippen molar-refractivity contribution in [3.8, 4) is 0 Å². The maximum atomic E-state index is 9.58. The van der Waals surface area contributed by atoms with Crippen molar-refractivity contribution in [1.29, 1.82) is 0 Å². The first-order valence-corrected chi connectivity index (χ1v) is 6.33. The highest BCUT2D eigenvalue weighted by molar-refractivity contribution is 7.07. The predicted octanol–water partition coefficient (Wildman–Crippen LogP) is 2.03. The molecule has 0 aliphatic carbocycles. The SMILES string of the molecule is CCC(O)c1cn(CCc2ccsc2)nn1. The molecule has 1 N–H and O–H groups in total. The summed E-state index contributed by atoms with van der Waals surface area (Å²) in [6.07, 6.45) is 2.95. The summed E-state index contributed by atoms with van der Waals surface area (Å²) in [7, 11) is 0. The molecule has 86 valence electrons. The quantitative estimate of drug-likeness (QED) is 0.865. The molecule has 0 aliphatic heterocycles. The molecule has 1 atom stereocenters. The molecule has 5 heteroatoms. The van der Waals surface area contributed by atoms with Crippen LogP contribution >= 0.6 is 11.3 Å². The van der Waals surface area contributed by atoms with Crippen molar-refractivity contribution >= 4 is 11.3 Å². The van der Waals surface area contributed by atoms with Gasteiger partial charge >= 0.3 is 0 Å². The third-order valence-corrected chi connectivity index (χ3v) is 3.23. The van der Waals surface area contributed by atoms with E-state index in [0.717, 1.165) is 13.0 Å². The number of aryl methyl sites for hydroxylation is 2. The van der Waals surface area contributed by atoms with Gasteiger partial charge in [0.15, 0.2) is 0 Å². The fourth-order valence-electron chi connectivity index (χ4n) is 1.46. The van der Waals surface area contributed by atoms with E-state index in [1.807, 2.05) is 13.1 Å². The molecule has 2 heterocycles. The normalized spacial score (nSPS) is 12.9. The van der Waals surface area contributed by atoms with Crippen LogP contribution in [-0.2, 0) is 13.0 Å². The second-order valence-electron chi connectivity index (χ2n) is 3.71. The van der Waals surface area contributed by atoms with Crippen LogP contribution in [0.15, 0.2) is 23.0 Å². The zero-order chi connectivity index (χ0) is 11.4. The highest BCUT2D eigenvalue weighted by atomic mass is 32.1. The number of nitrogens with zero attached hydrogens (tertiary/aromatic N) is 3. The van der Waals surface area contributed by atoms with Crippen LogP contribution < -0.4 is 0 Å². The molecule has 0 saturated heterocycles. The third kappa shape index (κ3) is 2.68. The van der Waals surface area contributed by atoms with Crippen LogP contribution in [0.2, 0.25) is 0 Å². The van der Waals surface area contributed by atoms with E-state index in [4.69, 9.17) is 0 Å². The average molecular weight is 237 g/mol. The molecule has 1 unspecified atom stereocenters. The van der Waals surface area contributed by atoms with Crippen LogP contribution in [0, 0.1) is 0 Å². The molecular formula is C11H15N3OS. The Hall–Kier alpha value is -1.20. The summed E-state index contributed by atoms with van der Waals surface area (Å²) in [4.78, 5) is 0.